The molecule has 0 saturated carbocycles. The van der Waals surface area contributed by atoms with Crippen molar-refractivity contribution in [2.45, 2.75) is 6.61 Å². The van der Waals surface area contributed by atoms with Crippen LogP contribution in [-0.4, -0.2) is 23.6 Å². The SMILES string of the molecule is COc1ccc2c(c1)OCc1sc(/N=C\NO)nc1-2.[Co+2]. The van der Waals surface area contributed by atoms with Crippen LogP contribution in [0.5, 0.6) is 11.5 Å². The van der Waals surface area contributed by atoms with Crippen LogP contribution in [0.1, 0.15) is 4.88 Å². The number of hydrogen-bond acceptors (Lipinski definition) is 6. The summed E-state index contributed by atoms with van der Waals surface area (Å²) in [7, 11) is 1.62. The van der Waals surface area contributed by atoms with Crippen molar-refractivity contribution < 1.29 is 31.5 Å². The number of hydrogen-bond donors (Lipinski definition) is 2. The molecule has 3 rings (SSSR count). The van der Waals surface area contributed by atoms with Crippen LogP contribution in [-0.2, 0) is 23.4 Å². The topological polar surface area (TPSA) is 76.0 Å². The van der Waals surface area contributed by atoms with Crippen LogP contribution < -0.4 is 15.0 Å². The minimum absolute atomic E-state index is 0. The smallest absolute Gasteiger partial charge is 0.497 e. The Morgan fingerprint density at radius 3 is 3.15 bits per heavy atom. The summed E-state index contributed by atoms with van der Waals surface area (Å²) in [6.07, 6.45) is 1.18. The van der Waals surface area contributed by atoms with Crippen LogP contribution in [0.15, 0.2) is 23.2 Å². The van der Waals surface area contributed by atoms with Crippen LogP contribution >= 0.6 is 11.3 Å². The fourth-order valence-electron chi connectivity index (χ4n) is 1.87. The summed E-state index contributed by atoms with van der Waals surface area (Å²) in [6.45, 7) is 0.468. The molecule has 0 fully saturated rings. The van der Waals surface area contributed by atoms with E-state index in [2.05, 4.69) is 9.98 Å². The van der Waals surface area contributed by atoms with Gasteiger partial charge in [0.05, 0.1) is 17.7 Å². The molecule has 1 aliphatic rings. The van der Waals surface area contributed by atoms with E-state index in [4.69, 9.17) is 14.7 Å². The molecule has 2 aromatic rings. The second-order valence-corrected chi connectivity index (χ2v) is 4.87. The quantitative estimate of drug-likeness (QED) is 0.511. The maximum absolute atomic E-state index is 8.48. The minimum atomic E-state index is 0. The van der Waals surface area contributed by atoms with Gasteiger partial charge < -0.3 is 9.47 Å². The van der Waals surface area contributed by atoms with Gasteiger partial charge >= 0.3 is 16.8 Å². The van der Waals surface area contributed by atoms with Gasteiger partial charge in [-0.2, -0.15) is 0 Å². The second-order valence-electron chi connectivity index (χ2n) is 3.81. The van der Waals surface area contributed by atoms with E-state index in [9.17, 15) is 0 Å². The second kappa shape index (κ2) is 6.22. The number of aliphatic imine (C=N–C) groups is 1. The summed E-state index contributed by atoms with van der Waals surface area (Å²) >= 11 is 1.43. The van der Waals surface area contributed by atoms with Crippen molar-refractivity contribution in [3.05, 3.63) is 23.1 Å². The Bertz CT molecular complexity index is 645. The van der Waals surface area contributed by atoms with Crippen molar-refractivity contribution in [2.75, 3.05) is 7.11 Å². The standard InChI is InChI=1S/C12H11N3O3S.Co/c1-17-7-2-3-8-9(4-7)18-5-10-11(8)15-12(19-10)13-6-14-16;/h2-4,6,16H,5H2,1H3,(H,13,14,15);/q;+2. The van der Waals surface area contributed by atoms with Gasteiger partial charge in [0.15, 0.2) is 0 Å². The Kier molecular flexibility index (Phi) is 4.60. The molecule has 6 nitrogen and oxygen atoms in total. The van der Waals surface area contributed by atoms with Gasteiger partial charge in [0.1, 0.15) is 24.4 Å². The maximum Gasteiger partial charge on any atom is 2.00 e. The molecule has 0 aliphatic carbocycles. The van der Waals surface area contributed by atoms with Gasteiger partial charge in [0.25, 0.3) is 0 Å². The van der Waals surface area contributed by atoms with Gasteiger partial charge in [-0.15, -0.1) is 0 Å². The summed E-state index contributed by atoms with van der Waals surface area (Å²) in [5.41, 5.74) is 3.66. The number of hydroxylamine groups is 1. The molecule has 2 N–H and O–H groups in total. The number of methoxy groups -OCH3 is 1. The molecule has 8 heteroatoms. The van der Waals surface area contributed by atoms with E-state index in [0.29, 0.717) is 11.7 Å². The van der Waals surface area contributed by atoms with Crippen molar-refractivity contribution in [3.8, 4) is 22.8 Å². The van der Waals surface area contributed by atoms with Crippen LogP contribution in [0.4, 0.5) is 5.13 Å². The van der Waals surface area contributed by atoms with E-state index in [1.807, 2.05) is 23.7 Å². The summed E-state index contributed by atoms with van der Waals surface area (Å²) in [5, 5.41) is 9.05. The largest absolute Gasteiger partial charge is 2.00 e. The Morgan fingerprint density at radius 1 is 1.55 bits per heavy atom. The first-order valence-electron chi connectivity index (χ1n) is 5.55. The fourth-order valence-corrected chi connectivity index (χ4v) is 2.71. The van der Waals surface area contributed by atoms with Gasteiger partial charge in [-0.3, -0.25) is 10.7 Å². The number of thiazole rings is 1. The minimum Gasteiger partial charge on any atom is -0.497 e. The Hall–Kier alpha value is -1.61. The summed E-state index contributed by atoms with van der Waals surface area (Å²) in [5.74, 6) is 1.51. The van der Waals surface area contributed by atoms with Crippen molar-refractivity contribution in [2.24, 2.45) is 4.99 Å². The van der Waals surface area contributed by atoms with E-state index in [1.54, 1.807) is 7.11 Å². The van der Waals surface area contributed by atoms with Gasteiger partial charge in [0, 0.05) is 11.6 Å². The van der Waals surface area contributed by atoms with Gasteiger partial charge in [0.2, 0.25) is 5.13 Å². The molecule has 0 amide bonds. The van der Waals surface area contributed by atoms with E-state index in [0.717, 1.165) is 27.6 Å². The van der Waals surface area contributed by atoms with Crippen LogP contribution in [0.3, 0.4) is 0 Å². The van der Waals surface area contributed by atoms with E-state index < -0.39 is 0 Å². The molecule has 0 saturated heterocycles. The molecule has 0 unspecified atom stereocenters. The third-order valence-corrected chi connectivity index (χ3v) is 3.66. The zero-order valence-corrected chi connectivity index (χ0v) is 12.3. The van der Waals surface area contributed by atoms with E-state index in [-0.39, 0.29) is 16.8 Å². The molecular weight excluding hydrogens is 325 g/mol. The zero-order valence-electron chi connectivity index (χ0n) is 10.4. The number of ether oxygens (including phenoxy) is 2. The number of nitrogens with one attached hydrogen (secondary N) is 1. The fraction of sp³-hybridized carbons (Fsp3) is 0.167. The molecule has 105 valence electrons. The maximum atomic E-state index is 8.48. The molecule has 0 spiro atoms. The summed E-state index contributed by atoms with van der Waals surface area (Å²) in [4.78, 5) is 9.43. The molecule has 0 bridgehead atoms. The molecule has 0 atom stereocenters. The number of fused-ring (bicyclic) bond motifs is 3. The van der Waals surface area contributed by atoms with Gasteiger partial charge in [-0.25, -0.2) is 9.98 Å². The predicted octanol–water partition coefficient (Wildman–Crippen LogP) is 2.35. The first kappa shape index (κ1) is 14.8. The molecule has 20 heavy (non-hydrogen) atoms. The third-order valence-electron chi connectivity index (χ3n) is 2.72. The molecule has 1 aromatic heterocycles. The molecule has 1 aliphatic heterocycles. The first-order valence-corrected chi connectivity index (χ1v) is 6.36. The van der Waals surface area contributed by atoms with Crippen molar-refractivity contribution in [1.82, 2.24) is 10.5 Å². The Morgan fingerprint density at radius 2 is 2.40 bits per heavy atom. The Balaban J connectivity index is 0.00000147. The number of nitrogens with zero attached hydrogens (tertiary/aromatic N) is 2. The molecule has 1 aromatic carbocycles. The normalized spacial score (nSPS) is 12.1. The number of benzene rings is 1. The Labute approximate surface area is 129 Å². The van der Waals surface area contributed by atoms with Crippen LogP contribution in [0, 0.1) is 0 Å². The average Bonchev–Trinajstić information content (AvgIpc) is 2.87. The van der Waals surface area contributed by atoms with Gasteiger partial charge in [-0.1, -0.05) is 11.3 Å². The predicted molar refractivity (Wildman–Crippen MR) is 71.5 cm³/mol. The monoisotopic (exact) mass is 336 g/mol. The van der Waals surface area contributed by atoms with Crippen molar-refractivity contribution >= 4 is 22.8 Å². The molecular formula is C12H11CoN3O3S+2. The number of rotatable bonds is 3. The molecule has 1 radical (unpaired) electrons. The van der Waals surface area contributed by atoms with Crippen molar-refractivity contribution in [1.29, 1.82) is 0 Å². The molecule has 2 heterocycles. The van der Waals surface area contributed by atoms with Crippen LogP contribution in [0.25, 0.3) is 11.3 Å². The number of aromatic nitrogens is 1. The van der Waals surface area contributed by atoms with E-state index in [1.165, 1.54) is 17.7 Å². The third kappa shape index (κ3) is 2.63. The zero-order chi connectivity index (χ0) is 13.2. The van der Waals surface area contributed by atoms with Crippen molar-refractivity contribution in [3.63, 3.8) is 0 Å². The summed E-state index contributed by atoms with van der Waals surface area (Å²) < 4.78 is 10.9. The summed E-state index contributed by atoms with van der Waals surface area (Å²) in [6, 6.07) is 5.63. The first-order chi connectivity index (χ1) is 9.31. The van der Waals surface area contributed by atoms with E-state index >= 15 is 0 Å². The van der Waals surface area contributed by atoms with Crippen LogP contribution in [0.2, 0.25) is 0 Å². The van der Waals surface area contributed by atoms with Gasteiger partial charge in [-0.05, 0) is 12.1 Å². The average molecular weight is 336 g/mol.